The lowest BCUT2D eigenvalue weighted by molar-refractivity contribution is -0.331. The molecule has 7 heteroatoms. The van der Waals surface area contributed by atoms with Crippen molar-refractivity contribution in [2.45, 2.75) is 19.0 Å². The second kappa shape index (κ2) is 4.63. The van der Waals surface area contributed by atoms with Gasteiger partial charge in [-0.2, -0.15) is 13.2 Å². The van der Waals surface area contributed by atoms with Crippen molar-refractivity contribution >= 4 is 0 Å². The molecule has 0 aliphatic carbocycles. The Hall–Kier alpha value is -0.400. The Labute approximate surface area is 84.9 Å². The third-order valence-corrected chi connectivity index (χ3v) is 2.13. The third kappa shape index (κ3) is 3.02. The van der Waals surface area contributed by atoms with Crippen molar-refractivity contribution in [2.24, 2.45) is 0 Å². The highest BCUT2D eigenvalue weighted by Gasteiger charge is 2.47. The molecule has 1 atom stereocenters. The summed E-state index contributed by atoms with van der Waals surface area (Å²) in [4.78, 5) is 0.200. The molecule has 1 unspecified atom stereocenters. The van der Waals surface area contributed by atoms with E-state index in [9.17, 15) is 17.6 Å². The zero-order valence-corrected chi connectivity index (χ0v) is 8.31. The molecule has 0 radical (unpaired) electrons. The highest BCUT2D eigenvalue weighted by molar-refractivity contribution is 4.80. The van der Waals surface area contributed by atoms with Crippen LogP contribution < -0.4 is 0 Å². The van der Waals surface area contributed by atoms with Crippen LogP contribution in [0.4, 0.5) is 17.6 Å². The van der Waals surface area contributed by atoms with Crippen molar-refractivity contribution in [1.82, 2.24) is 4.90 Å². The predicted molar refractivity (Wildman–Crippen MR) is 43.9 cm³/mol. The Balaban J connectivity index is 2.68. The Morgan fingerprint density at radius 1 is 1.47 bits per heavy atom. The van der Waals surface area contributed by atoms with E-state index in [2.05, 4.69) is 0 Å². The molecule has 1 fully saturated rings. The second-order valence-corrected chi connectivity index (χ2v) is 3.22. The summed E-state index contributed by atoms with van der Waals surface area (Å²) in [7, 11) is 0. The largest absolute Gasteiger partial charge is 0.460 e. The summed E-state index contributed by atoms with van der Waals surface area (Å²) in [5.41, 5.74) is 0. The molecule has 3 nitrogen and oxygen atoms in total. The first-order valence-electron chi connectivity index (χ1n) is 4.59. The lowest BCUT2D eigenvalue weighted by atomic mass is 10.2. The van der Waals surface area contributed by atoms with Crippen molar-refractivity contribution in [3.05, 3.63) is 0 Å². The van der Waals surface area contributed by atoms with Gasteiger partial charge in [-0.05, 0) is 6.92 Å². The van der Waals surface area contributed by atoms with E-state index in [0.29, 0.717) is 0 Å². The molecule has 15 heavy (non-hydrogen) atoms. The Morgan fingerprint density at radius 2 is 2.13 bits per heavy atom. The number of morpholine rings is 1. The summed E-state index contributed by atoms with van der Waals surface area (Å²) in [5.74, 6) is -1.76. The van der Waals surface area contributed by atoms with Gasteiger partial charge >= 0.3 is 6.30 Å². The molecule has 0 aromatic heterocycles. The average Bonchev–Trinajstić information content (AvgIpc) is 2.17. The third-order valence-electron chi connectivity index (χ3n) is 2.13. The van der Waals surface area contributed by atoms with Gasteiger partial charge in [0.2, 0.25) is 5.79 Å². The summed E-state index contributed by atoms with van der Waals surface area (Å²) in [5, 5.41) is 0. The zero-order valence-electron chi connectivity index (χ0n) is 8.31. The summed E-state index contributed by atoms with van der Waals surface area (Å²) >= 11 is 0. The van der Waals surface area contributed by atoms with Gasteiger partial charge in [0.15, 0.2) is 0 Å². The summed E-state index contributed by atoms with van der Waals surface area (Å²) in [6, 6.07) is 0. The Morgan fingerprint density at radius 3 is 2.60 bits per heavy atom. The first-order chi connectivity index (χ1) is 6.93. The van der Waals surface area contributed by atoms with Crippen LogP contribution in [0.3, 0.4) is 0 Å². The monoisotopic (exact) mass is 231 g/mol. The van der Waals surface area contributed by atoms with E-state index in [1.54, 1.807) is 6.92 Å². The second-order valence-electron chi connectivity index (χ2n) is 3.22. The van der Waals surface area contributed by atoms with Crippen LogP contribution >= 0.6 is 0 Å². The molecule has 1 rings (SSSR count). The minimum Gasteiger partial charge on any atom is -0.347 e. The molecule has 0 spiro atoms. The maximum absolute atomic E-state index is 12.6. The summed E-state index contributed by atoms with van der Waals surface area (Å²) < 4.78 is 59.5. The van der Waals surface area contributed by atoms with E-state index in [4.69, 9.17) is 9.47 Å². The van der Waals surface area contributed by atoms with Crippen LogP contribution in [-0.2, 0) is 9.47 Å². The van der Waals surface area contributed by atoms with Gasteiger partial charge in [-0.25, -0.2) is 9.29 Å². The zero-order chi connectivity index (χ0) is 11.5. The molecule has 1 aliphatic rings. The van der Waals surface area contributed by atoms with Crippen molar-refractivity contribution in [1.29, 1.82) is 0 Å². The van der Waals surface area contributed by atoms with Gasteiger partial charge in [0.25, 0.3) is 0 Å². The molecule has 0 aromatic rings. The minimum absolute atomic E-state index is 0.107. The first-order valence-corrected chi connectivity index (χ1v) is 4.59. The van der Waals surface area contributed by atoms with E-state index >= 15 is 0 Å². The van der Waals surface area contributed by atoms with Gasteiger partial charge in [0, 0.05) is 13.2 Å². The Kier molecular flexibility index (Phi) is 3.91. The fourth-order valence-corrected chi connectivity index (χ4v) is 1.44. The quantitative estimate of drug-likeness (QED) is 0.543. The normalized spacial score (nSPS) is 29.4. The van der Waals surface area contributed by atoms with Gasteiger partial charge in [-0.3, -0.25) is 0 Å². The van der Waals surface area contributed by atoms with Gasteiger partial charge in [-0.15, -0.1) is 0 Å². The number of rotatable bonds is 3. The maximum Gasteiger partial charge on any atom is 0.460 e. The maximum atomic E-state index is 12.6. The topological polar surface area (TPSA) is 21.7 Å². The molecule has 0 aromatic carbocycles. The molecule has 0 N–H and O–H groups in total. The first kappa shape index (κ1) is 12.7. The van der Waals surface area contributed by atoms with Gasteiger partial charge in [-0.1, -0.05) is 0 Å². The van der Waals surface area contributed by atoms with E-state index < -0.39 is 25.3 Å². The smallest absolute Gasteiger partial charge is 0.347 e. The standard InChI is InChI=1S/C8H13F4NO2/c1-2-14-7(5-9)6-13(3-4-15-7)8(10,11)12/h2-6H2,1H3. The number of halogens is 4. The summed E-state index contributed by atoms with van der Waals surface area (Å²) in [6.45, 7) is -0.515. The number of ether oxygens (including phenoxy) is 2. The van der Waals surface area contributed by atoms with Crippen molar-refractivity contribution in [3.8, 4) is 0 Å². The lowest BCUT2D eigenvalue weighted by Crippen LogP contribution is -2.58. The number of hydrogen-bond acceptors (Lipinski definition) is 3. The van der Waals surface area contributed by atoms with Crippen LogP contribution in [0, 0.1) is 0 Å². The lowest BCUT2D eigenvalue weighted by Gasteiger charge is -2.40. The van der Waals surface area contributed by atoms with Crippen LogP contribution in [0.15, 0.2) is 0 Å². The highest BCUT2D eigenvalue weighted by atomic mass is 19.4. The molecule has 1 heterocycles. The SMILES string of the molecule is CCOC1(CF)CN(C(F)(F)F)CCO1. The van der Waals surface area contributed by atoms with Gasteiger partial charge in [0.1, 0.15) is 6.67 Å². The summed E-state index contributed by atoms with van der Waals surface area (Å²) in [6.07, 6.45) is -4.47. The number of nitrogens with zero attached hydrogens (tertiary/aromatic N) is 1. The fourth-order valence-electron chi connectivity index (χ4n) is 1.44. The Bertz CT molecular complexity index is 207. The molecule has 0 bridgehead atoms. The molecular formula is C8H13F4NO2. The van der Waals surface area contributed by atoms with Crippen LogP contribution in [0.1, 0.15) is 6.92 Å². The minimum atomic E-state index is -4.47. The van der Waals surface area contributed by atoms with Crippen LogP contribution in [0.25, 0.3) is 0 Å². The molecule has 1 aliphatic heterocycles. The van der Waals surface area contributed by atoms with E-state index in [1.165, 1.54) is 0 Å². The fraction of sp³-hybridized carbons (Fsp3) is 1.00. The molecule has 1 saturated heterocycles. The molecular weight excluding hydrogens is 218 g/mol. The van der Waals surface area contributed by atoms with Crippen LogP contribution in [-0.4, -0.2) is 50.0 Å². The van der Waals surface area contributed by atoms with E-state index in [1.807, 2.05) is 0 Å². The van der Waals surface area contributed by atoms with Gasteiger partial charge in [0.05, 0.1) is 13.2 Å². The molecule has 0 amide bonds. The van der Waals surface area contributed by atoms with Crippen molar-refractivity contribution in [3.63, 3.8) is 0 Å². The molecule has 90 valence electrons. The number of alkyl halides is 4. The van der Waals surface area contributed by atoms with Crippen molar-refractivity contribution < 1.29 is 27.0 Å². The van der Waals surface area contributed by atoms with Gasteiger partial charge < -0.3 is 9.47 Å². The van der Waals surface area contributed by atoms with Crippen LogP contribution in [0.2, 0.25) is 0 Å². The average molecular weight is 231 g/mol. The predicted octanol–water partition coefficient (Wildman–Crippen LogP) is 1.54. The van der Waals surface area contributed by atoms with Crippen molar-refractivity contribution in [2.75, 3.05) is 33.0 Å². The van der Waals surface area contributed by atoms with Crippen LogP contribution in [0.5, 0.6) is 0 Å². The van der Waals surface area contributed by atoms with E-state index in [0.717, 1.165) is 0 Å². The van der Waals surface area contributed by atoms with E-state index in [-0.39, 0.29) is 24.7 Å². The highest BCUT2D eigenvalue weighted by Crippen LogP contribution is 2.29. The number of hydrogen-bond donors (Lipinski definition) is 0. The molecule has 0 saturated carbocycles.